The fraction of sp³-hybridized carbons (Fsp3) is 0.143. The van der Waals surface area contributed by atoms with Crippen LogP contribution in [0.15, 0.2) is 18.2 Å². The molecule has 10 heavy (non-hydrogen) atoms. The van der Waals surface area contributed by atoms with Crippen LogP contribution >= 0.6 is 11.6 Å². The maximum Gasteiger partial charge on any atom is -1.00 e. The van der Waals surface area contributed by atoms with Gasteiger partial charge in [-0.2, -0.15) is 0 Å². The number of benzene rings is 1. The van der Waals surface area contributed by atoms with Gasteiger partial charge in [0.25, 0.3) is 0 Å². The fourth-order valence-corrected chi connectivity index (χ4v) is 1.30. The van der Waals surface area contributed by atoms with Gasteiger partial charge in [-0.05, 0) is 0 Å². The SMILES string of the molecule is Cc1ccc(Cl)c[c]1[Mg+].[Br-]. The van der Waals surface area contributed by atoms with E-state index in [1.54, 1.807) is 0 Å². The topological polar surface area (TPSA) is 0 Å². The minimum Gasteiger partial charge on any atom is -1.00 e. The molecule has 0 N–H and O–H groups in total. The van der Waals surface area contributed by atoms with Crippen molar-refractivity contribution in [3.8, 4) is 0 Å². The number of aryl methyl sites for hydroxylation is 1. The van der Waals surface area contributed by atoms with Crippen LogP contribution in [0.4, 0.5) is 0 Å². The van der Waals surface area contributed by atoms with Gasteiger partial charge in [0.2, 0.25) is 0 Å². The van der Waals surface area contributed by atoms with E-state index in [4.69, 9.17) is 11.6 Å². The molecule has 0 saturated heterocycles. The van der Waals surface area contributed by atoms with Gasteiger partial charge in [-0.25, -0.2) is 0 Å². The predicted octanol–water partition coefficient (Wildman–Crippen LogP) is -1.55. The summed E-state index contributed by atoms with van der Waals surface area (Å²) in [7, 11) is 0. The van der Waals surface area contributed by atoms with Crippen molar-refractivity contribution in [3.05, 3.63) is 28.8 Å². The first-order valence-corrected chi connectivity index (χ1v) is 3.87. The zero-order chi connectivity index (χ0) is 6.85. The second-order valence-electron chi connectivity index (χ2n) is 2.07. The van der Waals surface area contributed by atoms with Crippen LogP contribution in [0, 0.1) is 6.92 Å². The van der Waals surface area contributed by atoms with Crippen LogP contribution in [-0.4, -0.2) is 21.7 Å². The molecule has 0 aliphatic carbocycles. The first-order valence-electron chi connectivity index (χ1n) is 2.78. The molecule has 0 amide bonds. The van der Waals surface area contributed by atoms with Crippen LogP contribution in [0.25, 0.3) is 0 Å². The molecule has 0 heterocycles. The normalized spacial score (nSPS) is 8.80. The van der Waals surface area contributed by atoms with Crippen LogP contribution in [0.2, 0.25) is 5.02 Å². The zero-order valence-corrected chi connectivity index (χ0v) is 9.45. The molecule has 0 saturated carbocycles. The van der Waals surface area contributed by atoms with E-state index < -0.39 is 0 Å². The number of halogens is 2. The molecule has 1 aromatic rings. The molecule has 0 radical (unpaired) electrons. The van der Waals surface area contributed by atoms with Crippen molar-refractivity contribution in [3.63, 3.8) is 0 Å². The number of hydrogen-bond acceptors (Lipinski definition) is 0. The van der Waals surface area contributed by atoms with Crippen molar-refractivity contribution in [2.75, 3.05) is 0 Å². The third-order valence-electron chi connectivity index (χ3n) is 1.31. The summed E-state index contributed by atoms with van der Waals surface area (Å²) < 4.78 is 1.28. The molecule has 0 spiro atoms. The van der Waals surface area contributed by atoms with E-state index in [2.05, 4.69) is 6.92 Å². The number of hydrogen-bond donors (Lipinski definition) is 0. The van der Waals surface area contributed by atoms with Gasteiger partial charge in [-0.15, -0.1) is 0 Å². The molecule has 0 aliphatic heterocycles. The zero-order valence-electron chi connectivity index (χ0n) is 5.70. The third-order valence-corrected chi connectivity index (χ3v) is 2.31. The van der Waals surface area contributed by atoms with Gasteiger partial charge in [0.05, 0.1) is 0 Å². The molecule has 1 aromatic carbocycles. The Kier molecular flexibility index (Phi) is 4.94. The average molecular weight is 230 g/mol. The van der Waals surface area contributed by atoms with Gasteiger partial charge in [-0.3, -0.25) is 0 Å². The second kappa shape index (κ2) is 4.60. The molecule has 0 fully saturated rings. The van der Waals surface area contributed by atoms with E-state index in [0.29, 0.717) is 0 Å². The maximum atomic E-state index is 5.72. The van der Waals surface area contributed by atoms with Crippen LogP contribution in [0.3, 0.4) is 0 Å². The van der Waals surface area contributed by atoms with Crippen molar-refractivity contribution >= 4 is 37.0 Å². The maximum absolute atomic E-state index is 5.72. The van der Waals surface area contributed by atoms with Crippen LogP contribution in [-0.2, 0) is 0 Å². The van der Waals surface area contributed by atoms with E-state index in [-0.39, 0.29) is 17.0 Å². The molecule has 0 nitrogen and oxygen atoms in total. The quantitative estimate of drug-likeness (QED) is 0.473. The van der Waals surface area contributed by atoms with Crippen LogP contribution in [0.1, 0.15) is 5.56 Å². The van der Waals surface area contributed by atoms with Gasteiger partial charge >= 0.3 is 72.7 Å². The molecular weight excluding hydrogens is 224 g/mol. The Labute approximate surface area is 89.2 Å². The summed E-state index contributed by atoms with van der Waals surface area (Å²) in [6.45, 7) is 2.08. The summed E-state index contributed by atoms with van der Waals surface area (Å²) in [5.41, 5.74) is 1.30. The largest absolute Gasteiger partial charge is 1.00 e. The van der Waals surface area contributed by atoms with E-state index >= 15 is 0 Å². The first kappa shape index (κ1) is 10.8. The Morgan fingerprint density at radius 2 is 2.00 bits per heavy atom. The van der Waals surface area contributed by atoms with E-state index in [9.17, 15) is 0 Å². The molecule has 0 unspecified atom stereocenters. The Hall–Kier alpha value is 0.756. The molecule has 0 aliphatic rings. The third kappa shape index (κ3) is 2.78. The summed E-state index contributed by atoms with van der Waals surface area (Å²) in [6, 6.07) is 5.92. The molecular formula is C7H6BrClMg. The molecule has 3 heteroatoms. The molecule has 0 aromatic heterocycles. The smallest absolute Gasteiger partial charge is 1.00 e. The van der Waals surface area contributed by atoms with Crippen molar-refractivity contribution in [1.82, 2.24) is 0 Å². The van der Waals surface area contributed by atoms with Crippen molar-refractivity contribution < 1.29 is 17.0 Å². The molecule has 1 rings (SSSR count). The summed E-state index contributed by atoms with van der Waals surface area (Å²) in [5.74, 6) is 0. The van der Waals surface area contributed by atoms with E-state index in [0.717, 1.165) is 5.02 Å². The summed E-state index contributed by atoms with van der Waals surface area (Å²) in [6.07, 6.45) is 0. The van der Waals surface area contributed by atoms with Crippen LogP contribution in [0.5, 0.6) is 0 Å². The van der Waals surface area contributed by atoms with Gasteiger partial charge < -0.3 is 17.0 Å². The molecule has 0 atom stereocenters. The standard InChI is InChI=1S/C7H6Cl.BrH.Mg/c1-6-2-4-7(8)5-3-6;;/h2,4-5H,1H3;1H;/q;;+1/p-1. The predicted molar refractivity (Wildman–Crippen MR) is 41.6 cm³/mol. The fourth-order valence-electron chi connectivity index (χ4n) is 0.640. The average Bonchev–Trinajstić information content (AvgIpc) is 1.80. The molecule has 0 bridgehead atoms. The summed E-state index contributed by atoms with van der Waals surface area (Å²) in [5, 5.41) is 0.825. The van der Waals surface area contributed by atoms with Gasteiger partial charge in [-0.1, -0.05) is 0 Å². The monoisotopic (exact) mass is 228 g/mol. The Morgan fingerprint density at radius 3 is 2.40 bits per heavy atom. The first-order chi connectivity index (χ1) is 4.20. The summed E-state index contributed by atoms with van der Waals surface area (Å²) >= 11 is 7.58. The van der Waals surface area contributed by atoms with Crippen molar-refractivity contribution in [2.45, 2.75) is 6.92 Å². The summed E-state index contributed by atoms with van der Waals surface area (Å²) in [4.78, 5) is 0. The van der Waals surface area contributed by atoms with E-state index in [1.165, 1.54) is 9.26 Å². The van der Waals surface area contributed by atoms with Crippen LogP contribution < -0.4 is 20.7 Å². The van der Waals surface area contributed by atoms with Crippen molar-refractivity contribution in [2.24, 2.45) is 0 Å². The Morgan fingerprint density at radius 1 is 1.40 bits per heavy atom. The Bertz CT molecular complexity index is 225. The molecule has 50 valence electrons. The number of rotatable bonds is 0. The van der Waals surface area contributed by atoms with Crippen molar-refractivity contribution in [1.29, 1.82) is 0 Å². The van der Waals surface area contributed by atoms with Gasteiger partial charge in [0.15, 0.2) is 0 Å². The van der Waals surface area contributed by atoms with Gasteiger partial charge in [0.1, 0.15) is 0 Å². The van der Waals surface area contributed by atoms with E-state index in [1.807, 2.05) is 39.9 Å². The Balaban J connectivity index is 0.000000810. The second-order valence-corrected chi connectivity index (χ2v) is 3.27. The minimum atomic E-state index is 0. The minimum absolute atomic E-state index is 0. The van der Waals surface area contributed by atoms with Gasteiger partial charge in [0, 0.05) is 0 Å².